The molecular formula is C24H30N2O4. The van der Waals surface area contributed by atoms with E-state index in [0.717, 1.165) is 38.2 Å². The smallest absolute Gasteiger partial charge is 0.260 e. The normalized spacial score (nSPS) is 16.0. The van der Waals surface area contributed by atoms with Crippen LogP contribution in [-0.4, -0.2) is 48.9 Å². The summed E-state index contributed by atoms with van der Waals surface area (Å²) >= 11 is 0. The van der Waals surface area contributed by atoms with E-state index >= 15 is 0 Å². The van der Waals surface area contributed by atoms with Crippen molar-refractivity contribution in [1.82, 2.24) is 10.2 Å². The first-order valence-electron chi connectivity index (χ1n) is 10.4. The zero-order chi connectivity index (χ0) is 21.5. The van der Waals surface area contributed by atoms with Gasteiger partial charge in [-0.05, 0) is 44.9 Å². The van der Waals surface area contributed by atoms with E-state index in [1.54, 1.807) is 38.3 Å². The van der Waals surface area contributed by atoms with Crippen molar-refractivity contribution in [3.05, 3.63) is 59.7 Å². The molecule has 6 nitrogen and oxygen atoms in total. The van der Waals surface area contributed by atoms with Gasteiger partial charge < -0.3 is 14.8 Å². The Labute approximate surface area is 178 Å². The van der Waals surface area contributed by atoms with E-state index in [0.29, 0.717) is 11.3 Å². The van der Waals surface area contributed by atoms with Gasteiger partial charge in [0.15, 0.2) is 11.9 Å². The molecular weight excluding hydrogens is 380 g/mol. The molecule has 6 heteroatoms. The number of piperidine rings is 1. The largest absolute Gasteiger partial charge is 0.496 e. The summed E-state index contributed by atoms with van der Waals surface area (Å²) in [5, 5.41) is 3.10. The van der Waals surface area contributed by atoms with Crippen LogP contribution in [-0.2, 0) is 11.3 Å². The summed E-state index contributed by atoms with van der Waals surface area (Å²) in [7, 11) is 1.69. The Balaban J connectivity index is 1.46. The van der Waals surface area contributed by atoms with Crippen molar-refractivity contribution in [3.63, 3.8) is 0 Å². The summed E-state index contributed by atoms with van der Waals surface area (Å²) in [5.41, 5.74) is 1.75. The Kier molecular flexibility index (Phi) is 7.46. The number of methoxy groups -OCH3 is 1. The lowest BCUT2D eigenvalue weighted by Gasteiger charge is -2.33. The Morgan fingerprint density at radius 1 is 1.13 bits per heavy atom. The molecule has 1 unspecified atom stereocenters. The summed E-state index contributed by atoms with van der Waals surface area (Å²) in [4.78, 5) is 26.5. The summed E-state index contributed by atoms with van der Waals surface area (Å²) in [6, 6.07) is 15.1. The maximum Gasteiger partial charge on any atom is 0.260 e. The number of nitrogens with one attached hydrogen (secondary N) is 1. The molecule has 0 spiro atoms. The van der Waals surface area contributed by atoms with Crippen LogP contribution in [0.2, 0.25) is 0 Å². The van der Waals surface area contributed by atoms with Gasteiger partial charge in [-0.2, -0.15) is 0 Å². The standard InChI is InChI=1S/C24H30N2O4/c1-17(27)19-8-6-9-22(15-19)30-18(2)24(28)25-21-11-13-26(14-12-21)16-20-7-4-5-10-23(20)29-3/h4-10,15,18,21H,11-14,16H2,1-3H3,(H,25,28). The lowest BCUT2D eigenvalue weighted by atomic mass is 10.0. The summed E-state index contributed by atoms with van der Waals surface area (Å²) in [6.07, 6.45) is 1.17. The van der Waals surface area contributed by atoms with Crippen LogP contribution in [0.3, 0.4) is 0 Å². The zero-order valence-corrected chi connectivity index (χ0v) is 17.9. The van der Waals surface area contributed by atoms with Crippen LogP contribution in [0.1, 0.15) is 42.6 Å². The van der Waals surface area contributed by atoms with Crippen LogP contribution >= 0.6 is 0 Å². The third kappa shape index (κ3) is 5.83. The number of Topliss-reactive ketones (excluding diaryl/α,β-unsaturated/α-hetero) is 1. The van der Waals surface area contributed by atoms with Crippen LogP contribution < -0.4 is 14.8 Å². The van der Waals surface area contributed by atoms with Gasteiger partial charge >= 0.3 is 0 Å². The number of nitrogens with zero attached hydrogens (tertiary/aromatic N) is 1. The van der Waals surface area contributed by atoms with E-state index in [9.17, 15) is 9.59 Å². The van der Waals surface area contributed by atoms with Crippen molar-refractivity contribution in [2.45, 2.75) is 45.4 Å². The fourth-order valence-electron chi connectivity index (χ4n) is 3.67. The van der Waals surface area contributed by atoms with E-state index in [4.69, 9.17) is 9.47 Å². The highest BCUT2D eigenvalue weighted by Gasteiger charge is 2.24. The van der Waals surface area contributed by atoms with Crippen LogP contribution in [0.15, 0.2) is 48.5 Å². The monoisotopic (exact) mass is 410 g/mol. The van der Waals surface area contributed by atoms with Gasteiger partial charge in [0.2, 0.25) is 0 Å². The molecule has 160 valence electrons. The van der Waals surface area contributed by atoms with Crippen molar-refractivity contribution >= 4 is 11.7 Å². The first-order chi connectivity index (χ1) is 14.5. The van der Waals surface area contributed by atoms with Crippen molar-refractivity contribution in [3.8, 4) is 11.5 Å². The number of rotatable bonds is 8. The third-order valence-electron chi connectivity index (χ3n) is 5.44. The first kappa shape index (κ1) is 21.8. The second kappa shape index (κ2) is 10.3. The SMILES string of the molecule is COc1ccccc1CN1CCC(NC(=O)C(C)Oc2cccc(C(C)=O)c2)CC1. The topological polar surface area (TPSA) is 67.9 Å². The maximum absolute atomic E-state index is 12.6. The molecule has 1 atom stereocenters. The lowest BCUT2D eigenvalue weighted by Crippen LogP contribution is -2.47. The molecule has 1 heterocycles. The molecule has 3 rings (SSSR count). The molecule has 1 aliphatic heterocycles. The highest BCUT2D eigenvalue weighted by atomic mass is 16.5. The average molecular weight is 411 g/mol. The molecule has 1 aliphatic rings. The molecule has 30 heavy (non-hydrogen) atoms. The van der Waals surface area contributed by atoms with Gasteiger partial charge in [-0.1, -0.05) is 30.3 Å². The molecule has 0 saturated carbocycles. The number of carbonyl (C=O) groups excluding carboxylic acids is 2. The molecule has 0 bridgehead atoms. The Bertz CT molecular complexity index is 875. The quantitative estimate of drug-likeness (QED) is 0.675. The second-order valence-electron chi connectivity index (χ2n) is 7.71. The van der Waals surface area contributed by atoms with E-state index in [1.807, 2.05) is 18.2 Å². The van der Waals surface area contributed by atoms with Gasteiger partial charge in [0.1, 0.15) is 11.5 Å². The number of hydrogen-bond acceptors (Lipinski definition) is 5. The number of carbonyl (C=O) groups is 2. The minimum atomic E-state index is -0.626. The maximum atomic E-state index is 12.6. The number of benzene rings is 2. The number of amides is 1. The zero-order valence-electron chi connectivity index (χ0n) is 17.9. The van der Waals surface area contributed by atoms with Crippen LogP contribution in [0, 0.1) is 0 Å². The number of ether oxygens (including phenoxy) is 2. The third-order valence-corrected chi connectivity index (χ3v) is 5.44. The van der Waals surface area contributed by atoms with E-state index in [2.05, 4.69) is 16.3 Å². The molecule has 2 aromatic carbocycles. The molecule has 1 N–H and O–H groups in total. The van der Waals surface area contributed by atoms with Gasteiger partial charge in [0.05, 0.1) is 7.11 Å². The highest BCUT2D eigenvalue weighted by molar-refractivity contribution is 5.94. The Hall–Kier alpha value is -2.86. The molecule has 0 aromatic heterocycles. The van der Waals surface area contributed by atoms with E-state index in [1.165, 1.54) is 12.5 Å². The van der Waals surface area contributed by atoms with Crippen LogP contribution in [0.25, 0.3) is 0 Å². The van der Waals surface area contributed by atoms with E-state index in [-0.39, 0.29) is 17.7 Å². The molecule has 2 aromatic rings. The minimum absolute atomic E-state index is 0.0302. The Morgan fingerprint density at radius 2 is 1.87 bits per heavy atom. The summed E-state index contributed by atoms with van der Waals surface area (Å²) in [5.74, 6) is 1.27. The molecule has 1 fully saturated rings. The van der Waals surface area contributed by atoms with Gasteiger partial charge in [-0.3, -0.25) is 14.5 Å². The van der Waals surface area contributed by atoms with Crippen molar-refractivity contribution in [1.29, 1.82) is 0 Å². The van der Waals surface area contributed by atoms with Crippen molar-refractivity contribution in [2.75, 3.05) is 20.2 Å². The van der Waals surface area contributed by atoms with Gasteiger partial charge in [0.25, 0.3) is 5.91 Å². The number of hydrogen-bond donors (Lipinski definition) is 1. The van der Waals surface area contributed by atoms with Crippen LogP contribution in [0.4, 0.5) is 0 Å². The molecule has 0 radical (unpaired) electrons. The molecule has 1 amide bonds. The Morgan fingerprint density at radius 3 is 2.57 bits per heavy atom. The summed E-state index contributed by atoms with van der Waals surface area (Å²) in [6.45, 7) is 5.91. The fraction of sp³-hybridized carbons (Fsp3) is 0.417. The number of likely N-dealkylation sites (tertiary alicyclic amines) is 1. The molecule has 1 saturated heterocycles. The van der Waals surface area contributed by atoms with Crippen molar-refractivity contribution in [2.24, 2.45) is 0 Å². The van der Waals surface area contributed by atoms with Gasteiger partial charge in [0, 0.05) is 36.8 Å². The van der Waals surface area contributed by atoms with E-state index < -0.39 is 6.10 Å². The molecule has 0 aliphatic carbocycles. The average Bonchev–Trinajstić information content (AvgIpc) is 2.75. The predicted molar refractivity (Wildman–Crippen MR) is 116 cm³/mol. The first-order valence-corrected chi connectivity index (χ1v) is 10.4. The predicted octanol–water partition coefficient (Wildman–Crippen LogP) is 3.45. The van der Waals surface area contributed by atoms with Crippen LogP contribution in [0.5, 0.6) is 11.5 Å². The van der Waals surface area contributed by atoms with Crippen molar-refractivity contribution < 1.29 is 19.1 Å². The van der Waals surface area contributed by atoms with Gasteiger partial charge in [-0.15, -0.1) is 0 Å². The number of ketones is 1. The fourth-order valence-corrected chi connectivity index (χ4v) is 3.67. The minimum Gasteiger partial charge on any atom is -0.496 e. The number of para-hydroxylation sites is 1. The second-order valence-corrected chi connectivity index (χ2v) is 7.71. The summed E-state index contributed by atoms with van der Waals surface area (Å²) < 4.78 is 11.2. The highest BCUT2D eigenvalue weighted by Crippen LogP contribution is 2.22. The van der Waals surface area contributed by atoms with Gasteiger partial charge in [-0.25, -0.2) is 0 Å². The lowest BCUT2D eigenvalue weighted by molar-refractivity contribution is -0.128.